The summed E-state index contributed by atoms with van der Waals surface area (Å²) in [5.41, 5.74) is 1.79. The molecule has 1 aliphatic rings. The molecule has 0 saturated carbocycles. The molecule has 2 aromatic rings. The highest BCUT2D eigenvalue weighted by Crippen LogP contribution is 2.29. The van der Waals surface area contributed by atoms with Crippen LogP contribution in [0, 0.1) is 0 Å². The fourth-order valence-electron chi connectivity index (χ4n) is 3.58. The van der Waals surface area contributed by atoms with Crippen molar-refractivity contribution in [3.8, 4) is 5.75 Å². The van der Waals surface area contributed by atoms with Gasteiger partial charge in [-0.15, -0.1) is 0 Å². The van der Waals surface area contributed by atoms with Crippen molar-refractivity contribution >= 4 is 11.6 Å². The molecular formula is C23H29NO3. The minimum absolute atomic E-state index is 0.0398. The molecule has 2 aromatic carbocycles. The fourth-order valence-corrected chi connectivity index (χ4v) is 3.58. The van der Waals surface area contributed by atoms with Gasteiger partial charge in [-0.3, -0.25) is 4.79 Å². The number of para-hydroxylation sites is 1. The third-order valence-corrected chi connectivity index (χ3v) is 5.15. The van der Waals surface area contributed by atoms with Gasteiger partial charge in [0.1, 0.15) is 12.4 Å². The van der Waals surface area contributed by atoms with Gasteiger partial charge < -0.3 is 14.7 Å². The summed E-state index contributed by atoms with van der Waals surface area (Å²) < 4.78 is 5.87. The molecule has 1 heterocycles. The number of unbranched alkanes of at least 4 members (excludes halogenated alkanes) is 2. The number of nitrogens with zero attached hydrogens (tertiary/aromatic N) is 1. The maximum atomic E-state index is 12.4. The van der Waals surface area contributed by atoms with E-state index in [1.165, 1.54) is 0 Å². The van der Waals surface area contributed by atoms with Crippen molar-refractivity contribution in [3.63, 3.8) is 0 Å². The Hall–Kier alpha value is -2.33. The summed E-state index contributed by atoms with van der Waals surface area (Å²) in [7, 11) is 0. The van der Waals surface area contributed by atoms with E-state index >= 15 is 0 Å². The molecule has 3 rings (SSSR count). The summed E-state index contributed by atoms with van der Waals surface area (Å²) in [5.74, 6) is 0.954. The number of aliphatic hydroxyl groups excluding tert-OH is 1. The Morgan fingerprint density at radius 3 is 2.56 bits per heavy atom. The van der Waals surface area contributed by atoms with Crippen molar-refractivity contribution in [2.24, 2.45) is 0 Å². The number of amides is 1. The van der Waals surface area contributed by atoms with E-state index in [1.807, 2.05) is 59.5 Å². The van der Waals surface area contributed by atoms with Crippen LogP contribution in [0.5, 0.6) is 5.75 Å². The lowest BCUT2D eigenvalue weighted by Gasteiger charge is -2.25. The number of hydrogen-bond acceptors (Lipinski definition) is 3. The lowest BCUT2D eigenvalue weighted by molar-refractivity contribution is -0.117. The monoisotopic (exact) mass is 367 g/mol. The van der Waals surface area contributed by atoms with E-state index in [-0.39, 0.29) is 11.9 Å². The summed E-state index contributed by atoms with van der Waals surface area (Å²) in [6.45, 7) is 2.64. The van der Waals surface area contributed by atoms with Crippen LogP contribution >= 0.6 is 0 Å². The molecule has 1 unspecified atom stereocenters. The third kappa shape index (κ3) is 5.10. The average molecular weight is 367 g/mol. The predicted molar refractivity (Wildman–Crippen MR) is 108 cm³/mol. The minimum atomic E-state index is -0.433. The number of benzene rings is 2. The smallest absolute Gasteiger partial charge is 0.227 e. The quantitative estimate of drug-likeness (QED) is 0.643. The molecule has 2 atom stereocenters. The van der Waals surface area contributed by atoms with Crippen LogP contribution in [-0.4, -0.2) is 23.7 Å². The van der Waals surface area contributed by atoms with E-state index in [2.05, 4.69) is 6.92 Å². The second-order valence-corrected chi connectivity index (χ2v) is 7.18. The van der Waals surface area contributed by atoms with Crippen LogP contribution in [0.15, 0.2) is 54.6 Å². The number of aliphatic hydroxyl groups is 1. The summed E-state index contributed by atoms with van der Waals surface area (Å²) in [5, 5.41) is 10.3. The van der Waals surface area contributed by atoms with Crippen molar-refractivity contribution < 1.29 is 14.6 Å². The molecule has 0 aromatic heterocycles. The standard InChI is InChI=1S/C23H29NO3/c1-2-3-5-10-22(25)18-11-13-19(14-12-18)24-20(15-16-23(24)26)17-27-21-8-6-4-7-9-21/h4,6-9,11-14,20,22,25H,2-3,5,10,15-17H2,1H3/t20-,22?/m1/s1. The Kier molecular flexibility index (Phi) is 6.88. The first-order valence-electron chi connectivity index (χ1n) is 9.97. The predicted octanol–water partition coefficient (Wildman–Crippen LogP) is 4.87. The van der Waals surface area contributed by atoms with Gasteiger partial charge in [0.15, 0.2) is 0 Å². The average Bonchev–Trinajstić information content (AvgIpc) is 3.08. The summed E-state index contributed by atoms with van der Waals surface area (Å²) in [6, 6.07) is 17.5. The zero-order chi connectivity index (χ0) is 19.1. The van der Waals surface area contributed by atoms with Crippen LogP contribution in [0.1, 0.15) is 57.1 Å². The van der Waals surface area contributed by atoms with Gasteiger partial charge in [-0.25, -0.2) is 0 Å². The van der Waals surface area contributed by atoms with Crippen molar-refractivity contribution in [2.75, 3.05) is 11.5 Å². The van der Waals surface area contributed by atoms with Crippen molar-refractivity contribution in [2.45, 2.75) is 57.6 Å². The molecule has 0 aliphatic carbocycles. The van der Waals surface area contributed by atoms with Gasteiger partial charge in [-0.1, -0.05) is 56.5 Å². The number of anilines is 1. The Balaban J connectivity index is 1.63. The summed E-state index contributed by atoms with van der Waals surface area (Å²) in [4.78, 5) is 14.3. The maximum absolute atomic E-state index is 12.4. The van der Waals surface area contributed by atoms with Crippen LogP contribution in [0.4, 0.5) is 5.69 Å². The molecule has 1 saturated heterocycles. The molecule has 4 nitrogen and oxygen atoms in total. The SMILES string of the molecule is CCCCCC(O)c1ccc(N2C(=O)CC[C@@H]2COc2ccccc2)cc1. The van der Waals surface area contributed by atoms with Crippen LogP contribution in [0.2, 0.25) is 0 Å². The molecule has 1 aliphatic heterocycles. The third-order valence-electron chi connectivity index (χ3n) is 5.15. The van der Waals surface area contributed by atoms with E-state index in [0.717, 1.165) is 49.1 Å². The Morgan fingerprint density at radius 1 is 1.11 bits per heavy atom. The van der Waals surface area contributed by atoms with Crippen molar-refractivity contribution in [1.29, 1.82) is 0 Å². The van der Waals surface area contributed by atoms with Gasteiger partial charge >= 0.3 is 0 Å². The summed E-state index contributed by atoms with van der Waals surface area (Å²) >= 11 is 0. The second kappa shape index (κ2) is 9.56. The molecule has 144 valence electrons. The van der Waals surface area contributed by atoms with Crippen molar-refractivity contribution in [1.82, 2.24) is 0 Å². The second-order valence-electron chi connectivity index (χ2n) is 7.18. The molecule has 1 N–H and O–H groups in total. The van der Waals surface area contributed by atoms with E-state index in [9.17, 15) is 9.90 Å². The first-order valence-corrected chi connectivity index (χ1v) is 9.97. The molecule has 27 heavy (non-hydrogen) atoms. The zero-order valence-electron chi connectivity index (χ0n) is 16.0. The van der Waals surface area contributed by atoms with E-state index in [1.54, 1.807) is 0 Å². The van der Waals surface area contributed by atoms with Gasteiger partial charge in [-0.05, 0) is 42.7 Å². The highest BCUT2D eigenvalue weighted by Gasteiger charge is 2.32. The highest BCUT2D eigenvalue weighted by molar-refractivity contribution is 5.96. The van der Waals surface area contributed by atoms with Gasteiger partial charge in [0.2, 0.25) is 5.91 Å². The van der Waals surface area contributed by atoms with E-state index in [0.29, 0.717) is 13.0 Å². The van der Waals surface area contributed by atoms with Gasteiger partial charge in [-0.2, -0.15) is 0 Å². The molecular weight excluding hydrogens is 338 g/mol. The van der Waals surface area contributed by atoms with Crippen LogP contribution in [0.3, 0.4) is 0 Å². The Morgan fingerprint density at radius 2 is 1.85 bits per heavy atom. The van der Waals surface area contributed by atoms with Gasteiger partial charge in [0.25, 0.3) is 0 Å². The number of rotatable bonds is 9. The first-order chi connectivity index (χ1) is 13.2. The Bertz CT molecular complexity index is 714. The zero-order valence-corrected chi connectivity index (χ0v) is 16.0. The van der Waals surface area contributed by atoms with Crippen LogP contribution < -0.4 is 9.64 Å². The maximum Gasteiger partial charge on any atom is 0.227 e. The highest BCUT2D eigenvalue weighted by atomic mass is 16.5. The van der Waals surface area contributed by atoms with Gasteiger partial charge in [0.05, 0.1) is 12.1 Å². The largest absolute Gasteiger partial charge is 0.491 e. The normalized spacial score (nSPS) is 17.9. The lowest BCUT2D eigenvalue weighted by atomic mass is 10.0. The number of ether oxygens (including phenoxy) is 1. The molecule has 0 bridgehead atoms. The topological polar surface area (TPSA) is 49.8 Å². The summed E-state index contributed by atoms with van der Waals surface area (Å²) in [6.07, 6.45) is 5.01. The molecule has 1 amide bonds. The van der Waals surface area contributed by atoms with Gasteiger partial charge in [0, 0.05) is 12.1 Å². The lowest BCUT2D eigenvalue weighted by Crippen LogP contribution is -2.37. The molecule has 0 radical (unpaired) electrons. The van der Waals surface area contributed by atoms with Crippen LogP contribution in [-0.2, 0) is 4.79 Å². The number of carbonyl (C=O) groups is 1. The minimum Gasteiger partial charge on any atom is -0.491 e. The molecule has 0 spiro atoms. The Labute approximate surface area is 161 Å². The molecule has 1 fully saturated rings. The van der Waals surface area contributed by atoms with E-state index in [4.69, 9.17) is 4.74 Å². The van der Waals surface area contributed by atoms with Crippen molar-refractivity contribution in [3.05, 3.63) is 60.2 Å². The molecule has 4 heteroatoms. The first kappa shape index (κ1) is 19.4. The van der Waals surface area contributed by atoms with E-state index < -0.39 is 6.10 Å². The number of carbonyl (C=O) groups excluding carboxylic acids is 1. The van der Waals surface area contributed by atoms with Crippen LogP contribution in [0.25, 0.3) is 0 Å². The fraction of sp³-hybridized carbons (Fsp3) is 0.435. The number of hydrogen-bond donors (Lipinski definition) is 1.